The molecule has 0 radical (unpaired) electrons. The smallest absolute Gasteiger partial charge is 0.123 e. The van der Waals surface area contributed by atoms with Gasteiger partial charge in [0.25, 0.3) is 0 Å². The zero-order valence-electron chi connectivity index (χ0n) is 13.0. The quantitative estimate of drug-likeness (QED) is 0.797. The zero-order valence-corrected chi connectivity index (χ0v) is 13.0. The largest absolute Gasteiger partial charge is 0.265 e. The fraction of sp³-hybridized carbons (Fsp3) is 0.278. The van der Waals surface area contributed by atoms with E-state index in [1.807, 2.05) is 36.7 Å². The zero-order chi connectivity index (χ0) is 15.6. The number of pyridine rings is 1. The van der Waals surface area contributed by atoms with E-state index in [9.17, 15) is 4.39 Å². The topological polar surface area (TPSA) is 16.1 Å². The van der Waals surface area contributed by atoms with E-state index >= 15 is 0 Å². The van der Waals surface area contributed by atoms with Crippen LogP contribution in [0.1, 0.15) is 19.4 Å². The van der Waals surface area contributed by atoms with Gasteiger partial charge in [-0.25, -0.2) is 8.98 Å². The summed E-state index contributed by atoms with van der Waals surface area (Å²) in [6.45, 7) is 7.31. The molecule has 0 atom stereocenters. The van der Waals surface area contributed by atoms with E-state index < -0.39 is 0 Å². The van der Waals surface area contributed by atoms with E-state index in [-0.39, 0.29) is 5.82 Å². The van der Waals surface area contributed by atoms with Crippen molar-refractivity contribution >= 4 is 11.4 Å². The van der Waals surface area contributed by atoms with Crippen LogP contribution in [0.15, 0.2) is 54.9 Å². The van der Waals surface area contributed by atoms with E-state index in [2.05, 4.69) is 29.9 Å². The summed E-state index contributed by atoms with van der Waals surface area (Å²) in [6, 6.07) is 10.8. The Kier molecular flexibility index (Phi) is 3.94. The molecule has 0 amide bonds. The molecule has 1 aliphatic rings. The summed E-state index contributed by atoms with van der Waals surface area (Å²) in [5, 5.41) is 2.31. The Balaban J connectivity index is 2.08. The molecule has 1 aliphatic heterocycles. The molecule has 2 heterocycles. The molecule has 2 aromatic rings. The van der Waals surface area contributed by atoms with Crippen molar-refractivity contribution in [1.82, 2.24) is 4.98 Å². The molecular formula is C18H21FN3+. The molecule has 0 bridgehead atoms. The second-order valence-electron chi connectivity index (χ2n) is 5.52. The van der Waals surface area contributed by atoms with Gasteiger partial charge in [0.15, 0.2) is 0 Å². The van der Waals surface area contributed by atoms with Gasteiger partial charge < -0.3 is 0 Å². The van der Waals surface area contributed by atoms with Crippen LogP contribution in [0.2, 0.25) is 0 Å². The number of benzene rings is 1. The van der Waals surface area contributed by atoms with Gasteiger partial charge in [-0.3, -0.25) is 4.98 Å². The van der Waals surface area contributed by atoms with Crippen LogP contribution < -0.4 is 5.01 Å². The van der Waals surface area contributed by atoms with Crippen molar-refractivity contribution < 1.29 is 8.98 Å². The lowest BCUT2D eigenvalue weighted by Gasteiger charge is -2.42. The summed E-state index contributed by atoms with van der Waals surface area (Å²) in [5.74, 6) is -0.205. The average Bonchev–Trinajstić information content (AvgIpc) is 2.96. The van der Waals surface area contributed by atoms with Crippen LogP contribution in [0.4, 0.5) is 10.1 Å². The van der Waals surface area contributed by atoms with Crippen LogP contribution >= 0.6 is 0 Å². The van der Waals surface area contributed by atoms with Crippen molar-refractivity contribution in [1.29, 1.82) is 0 Å². The average molecular weight is 298 g/mol. The highest BCUT2D eigenvalue weighted by atomic mass is 19.1. The molecule has 1 aromatic carbocycles. The molecule has 4 heteroatoms. The first-order valence-corrected chi connectivity index (χ1v) is 7.73. The first-order chi connectivity index (χ1) is 10.7. The van der Waals surface area contributed by atoms with Crippen LogP contribution in [-0.2, 0) is 0 Å². The highest BCUT2D eigenvalue weighted by Gasteiger charge is 2.40. The number of likely N-dealkylation sites (N-methyl/N-ethyl adjacent to an activating group) is 1. The van der Waals surface area contributed by atoms with Crippen molar-refractivity contribution in [2.24, 2.45) is 0 Å². The monoisotopic (exact) mass is 298 g/mol. The minimum atomic E-state index is -0.205. The minimum absolute atomic E-state index is 0.205. The molecule has 114 valence electrons. The second-order valence-corrected chi connectivity index (χ2v) is 5.52. The number of nitrogens with zero attached hydrogens (tertiary/aromatic N) is 3. The van der Waals surface area contributed by atoms with Crippen LogP contribution in [0, 0.1) is 5.82 Å². The molecule has 0 spiro atoms. The number of aromatic nitrogens is 1. The third-order valence-electron chi connectivity index (χ3n) is 4.50. The number of rotatable bonds is 4. The number of halogens is 1. The maximum Gasteiger partial charge on any atom is 0.123 e. The van der Waals surface area contributed by atoms with Gasteiger partial charge in [0.05, 0.1) is 18.8 Å². The van der Waals surface area contributed by atoms with E-state index in [1.165, 1.54) is 12.1 Å². The Morgan fingerprint density at radius 2 is 1.68 bits per heavy atom. The number of hydrogen-bond acceptors (Lipinski definition) is 2. The fourth-order valence-corrected chi connectivity index (χ4v) is 3.15. The highest BCUT2D eigenvalue weighted by molar-refractivity contribution is 5.78. The predicted molar refractivity (Wildman–Crippen MR) is 87.3 cm³/mol. The van der Waals surface area contributed by atoms with Crippen molar-refractivity contribution in [3.05, 3.63) is 66.2 Å². The van der Waals surface area contributed by atoms with Gasteiger partial charge in [-0.1, -0.05) is 0 Å². The van der Waals surface area contributed by atoms with Crippen molar-refractivity contribution in [3.8, 4) is 0 Å². The summed E-state index contributed by atoms with van der Waals surface area (Å²) in [6.07, 6.45) is 5.89. The molecular weight excluding hydrogens is 277 g/mol. The van der Waals surface area contributed by atoms with E-state index in [4.69, 9.17) is 0 Å². The first-order valence-electron chi connectivity index (χ1n) is 7.73. The van der Waals surface area contributed by atoms with Gasteiger partial charge in [0.1, 0.15) is 18.1 Å². The Labute approximate surface area is 130 Å². The maximum absolute atomic E-state index is 13.3. The summed E-state index contributed by atoms with van der Waals surface area (Å²) in [5.41, 5.74) is 3.32. The molecule has 3 rings (SSSR count). The normalized spacial score (nSPS) is 16.7. The van der Waals surface area contributed by atoms with Crippen LogP contribution in [-0.4, -0.2) is 29.2 Å². The lowest BCUT2D eigenvalue weighted by Crippen LogP contribution is -2.56. The van der Waals surface area contributed by atoms with E-state index in [1.54, 1.807) is 0 Å². The maximum atomic E-state index is 13.3. The standard InChI is InChI=1S/C18H21FN3/c1-3-22(4-2)14-11-18(15-9-12-20-13-10-15)21(22)17-7-5-16(19)6-8-17/h5-13H,3-4,14H2,1-2H3/q+1. The molecule has 0 fully saturated rings. The van der Waals surface area contributed by atoms with E-state index in [0.717, 1.165) is 41.2 Å². The Morgan fingerprint density at radius 1 is 1.05 bits per heavy atom. The third kappa shape index (κ3) is 2.40. The van der Waals surface area contributed by atoms with Gasteiger partial charge in [0, 0.05) is 24.0 Å². The molecule has 3 nitrogen and oxygen atoms in total. The van der Waals surface area contributed by atoms with Gasteiger partial charge in [-0.15, -0.1) is 0 Å². The second kappa shape index (κ2) is 5.89. The molecule has 0 aliphatic carbocycles. The third-order valence-corrected chi connectivity index (χ3v) is 4.50. The van der Waals surface area contributed by atoms with Crippen LogP contribution in [0.5, 0.6) is 0 Å². The minimum Gasteiger partial charge on any atom is -0.265 e. The SMILES string of the molecule is CC[N+]1(CC)CC=C(c2ccncc2)N1c1ccc(F)cc1. The lowest BCUT2D eigenvalue weighted by atomic mass is 10.2. The fourth-order valence-electron chi connectivity index (χ4n) is 3.15. The molecule has 0 saturated heterocycles. The molecule has 22 heavy (non-hydrogen) atoms. The van der Waals surface area contributed by atoms with Crippen molar-refractivity contribution in [2.45, 2.75) is 13.8 Å². The van der Waals surface area contributed by atoms with Crippen LogP contribution in [0.25, 0.3) is 5.70 Å². The highest BCUT2D eigenvalue weighted by Crippen LogP contribution is 2.37. The number of hydrogen-bond donors (Lipinski definition) is 0. The van der Waals surface area contributed by atoms with Crippen molar-refractivity contribution in [2.75, 3.05) is 24.6 Å². The molecule has 0 unspecified atom stereocenters. The summed E-state index contributed by atoms with van der Waals surface area (Å²) < 4.78 is 14.1. The van der Waals surface area contributed by atoms with E-state index in [0.29, 0.717) is 0 Å². The number of anilines is 1. The molecule has 0 saturated carbocycles. The number of quaternary nitrogens is 1. The van der Waals surface area contributed by atoms with Gasteiger partial charge in [-0.2, -0.15) is 5.01 Å². The van der Waals surface area contributed by atoms with Gasteiger partial charge >= 0.3 is 0 Å². The molecule has 0 N–H and O–H groups in total. The first kappa shape index (κ1) is 14.7. The van der Waals surface area contributed by atoms with Gasteiger partial charge in [-0.05, 0) is 50.2 Å². The Morgan fingerprint density at radius 3 is 2.27 bits per heavy atom. The molecule has 1 aromatic heterocycles. The summed E-state index contributed by atoms with van der Waals surface area (Å²) in [7, 11) is 0. The predicted octanol–water partition coefficient (Wildman–Crippen LogP) is 3.85. The summed E-state index contributed by atoms with van der Waals surface area (Å²) in [4.78, 5) is 4.10. The Bertz CT molecular complexity index is 660. The van der Waals surface area contributed by atoms with Crippen LogP contribution in [0.3, 0.4) is 0 Å². The Hall–Kier alpha value is -2.20. The summed E-state index contributed by atoms with van der Waals surface area (Å²) >= 11 is 0. The van der Waals surface area contributed by atoms with Gasteiger partial charge in [0.2, 0.25) is 0 Å². The lowest BCUT2D eigenvalue weighted by molar-refractivity contribution is -0.917. The van der Waals surface area contributed by atoms with Crippen molar-refractivity contribution in [3.63, 3.8) is 0 Å².